The van der Waals surface area contributed by atoms with Crippen molar-refractivity contribution < 1.29 is 0 Å². The topological polar surface area (TPSA) is 58.9 Å². The average molecular weight is 359 g/mol. The number of rotatable bonds is 4. The van der Waals surface area contributed by atoms with Crippen molar-refractivity contribution in [1.29, 1.82) is 0 Å². The standard InChI is InChI=1S/C18H26N6S/c1-2-14(3-1)18-20-10-15(25-18)12-23-7-4-13(5-8-23)17-22-21-16-11-19-6-9-24(16)17/h10,13-14,19H,1-9,11-12H2. The van der Waals surface area contributed by atoms with Gasteiger partial charge >= 0.3 is 0 Å². The van der Waals surface area contributed by atoms with Crippen LogP contribution < -0.4 is 5.32 Å². The molecule has 0 atom stereocenters. The number of fused-ring (bicyclic) bond motifs is 1. The highest BCUT2D eigenvalue weighted by molar-refractivity contribution is 7.11. The lowest BCUT2D eigenvalue weighted by atomic mass is 9.86. The molecule has 3 aliphatic rings. The predicted molar refractivity (Wildman–Crippen MR) is 97.7 cm³/mol. The zero-order valence-electron chi connectivity index (χ0n) is 14.7. The van der Waals surface area contributed by atoms with E-state index >= 15 is 0 Å². The van der Waals surface area contributed by atoms with E-state index in [9.17, 15) is 0 Å². The van der Waals surface area contributed by atoms with Gasteiger partial charge in [0.2, 0.25) is 0 Å². The number of nitrogens with one attached hydrogen (secondary N) is 1. The van der Waals surface area contributed by atoms with Crippen LogP contribution in [0.4, 0.5) is 0 Å². The molecule has 1 aliphatic carbocycles. The Morgan fingerprint density at radius 1 is 1.08 bits per heavy atom. The summed E-state index contributed by atoms with van der Waals surface area (Å²) in [5.74, 6) is 3.67. The van der Waals surface area contributed by atoms with Crippen molar-refractivity contribution in [2.24, 2.45) is 0 Å². The first-order chi connectivity index (χ1) is 12.4. The van der Waals surface area contributed by atoms with Gasteiger partial charge in [-0.25, -0.2) is 4.98 Å². The van der Waals surface area contributed by atoms with Crippen molar-refractivity contribution in [1.82, 2.24) is 30.0 Å². The highest BCUT2D eigenvalue weighted by atomic mass is 32.1. The maximum absolute atomic E-state index is 4.67. The zero-order valence-corrected chi connectivity index (χ0v) is 15.5. The average Bonchev–Trinajstić information content (AvgIpc) is 3.21. The molecule has 7 heteroatoms. The first-order valence-electron chi connectivity index (χ1n) is 9.66. The van der Waals surface area contributed by atoms with Crippen molar-refractivity contribution in [3.8, 4) is 0 Å². The molecule has 2 fully saturated rings. The van der Waals surface area contributed by atoms with Gasteiger partial charge < -0.3 is 9.88 Å². The minimum Gasteiger partial charge on any atom is -0.312 e. The Balaban J connectivity index is 1.18. The van der Waals surface area contributed by atoms with Gasteiger partial charge in [-0.05, 0) is 38.8 Å². The van der Waals surface area contributed by atoms with Crippen LogP contribution >= 0.6 is 11.3 Å². The first kappa shape index (κ1) is 15.9. The third kappa shape index (κ3) is 3.13. The van der Waals surface area contributed by atoms with Gasteiger partial charge in [0.1, 0.15) is 11.6 Å². The van der Waals surface area contributed by atoms with Crippen LogP contribution in [0.2, 0.25) is 0 Å². The summed E-state index contributed by atoms with van der Waals surface area (Å²) in [6.07, 6.45) is 8.58. The fourth-order valence-corrected chi connectivity index (χ4v) is 5.35. The van der Waals surface area contributed by atoms with Crippen LogP contribution in [0.5, 0.6) is 0 Å². The number of hydrogen-bond donors (Lipinski definition) is 1. The van der Waals surface area contributed by atoms with Crippen molar-refractivity contribution in [3.05, 3.63) is 27.7 Å². The quantitative estimate of drug-likeness (QED) is 0.910. The number of nitrogens with zero attached hydrogens (tertiary/aromatic N) is 5. The Kier molecular flexibility index (Phi) is 4.31. The molecule has 0 amide bonds. The molecule has 1 saturated carbocycles. The van der Waals surface area contributed by atoms with E-state index in [1.54, 1.807) is 0 Å². The maximum Gasteiger partial charge on any atom is 0.147 e. The summed E-state index contributed by atoms with van der Waals surface area (Å²) < 4.78 is 2.35. The molecule has 0 unspecified atom stereocenters. The molecule has 2 aromatic rings. The minimum absolute atomic E-state index is 0.572. The molecule has 134 valence electrons. The SMILES string of the molecule is c1nc(C2CCC2)sc1CN1CCC(c2nnc3n2CCNC3)CC1. The molecule has 0 radical (unpaired) electrons. The highest BCUT2D eigenvalue weighted by Gasteiger charge is 2.28. The molecule has 5 rings (SSSR count). The first-order valence-corrected chi connectivity index (χ1v) is 10.5. The summed E-state index contributed by atoms with van der Waals surface area (Å²) in [5.41, 5.74) is 0. The summed E-state index contributed by atoms with van der Waals surface area (Å²) in [4.78, 5) is 8.70. The third-order valence-electron chi connectivity index (χ3n) is 6.01. The van der Waals surface area contributed by atoms with Crippen LogP contribution in [0.25, 0.3) is 0 Å². The summed E-state index contributed by atoms with van der Waals surface area (Å²) in [6, 6.07) is 0. The number of likely N-dealkylation sites (tertiary alicyclic amines) is 1. The van der Waals surface area contributed by atoms with Crippen LogP contribution in [0, 0.1) is 0 Å². The summed E-state index contributed by atoms with van der Waals surface area (Å²) >= 11 is 1.94. The molecule has 6 nitrogen and oxygen atoms in total. The van der Waals surface area contributed by atoms with E-state index in [-0.39, 0.29) is 0 Å². The number of hydrogen-bond acceptors (Lipinski definition) is 6. The van der Waals surface area contributed by atoms with Crippen molar-refractivity contribution in [2.45, 2.75) is 63.6 Å². The fourth-order valence-electron chi connectivity index (χ4n) is 4.23. The molecule has 4 heterocycles. The Hall–Kier alpha value is -1.31. The van der Waals surface area contributed by atoms with Crippen molar-refractivity contribution in [2.75, 3.05) is 19.6 Å². The smallest absolute Gasteiger partial charge is 0.147 e. The Morgan fingerprint density at radius 2 is 1.96 bits per heavy atom. The summed E-state index contributed by atoms with van der Waals surface area (Å²) in [6.45, 7) is 6.29. The van der Waals surface area contributed by atoms with E-state index in [0.29, 0.717) is 5.92 Å². The van der Waals surface area contributed by atoms with Gasteiger partial charge in [-0.2, -0.15) is 0 Å². The van der Waals surface area contributed by atoms with Crippen molar-refractivity contribution in [3.63, 3.8) is 0 Å². The molecular weight excluding hydrogens is 332 g/mol. The number of piperidine rings is 1. The second kappa shape index (κ2) is 6.78. The van der Waals surface area contributed by atoms with Gasteiger partial charge in [0.15, 0.2) is 0 Å². The normalized spacial score (nSPS) is 22.7. The molecule has 2 aliphatic heterocycles. The van der Waals surface area contributed by atoms with Gasteiger partial charge in [-0.15, -0.1) is 21.5 Å². The van der Waals surface area contributed by atoms with Gasteiger partial charge in [0.05, 0.1) is 11.6 Å². The molecule has 25 heavy (non-hydrogen) atoms. The van der Waals surface area contributed by atoms with Gasteiger partial charge in [0, 0.05) is 42.5 Å². The zero-order chi connectivity index (χ0) is 16.6. The van der Waals surface area contributed by atoms with Crippen LogP contribution in [0.3, 0.4) is 0 Å². The van der Waals surface area contributed by atoms with E-state index in [2.05, 4.69) is 36.2 Å². The van der Waals surface area contributed by atoms with Gasteiger partial charge in [0.25, 0.3) is 0 Å². The lowest BCUT2D eigenvalue weighted by Gasteiger charge is -2.31. The van der Waals surface area contributed by atoms with Crippen LogP contribution in [-0.4, -0.2) is 44.3 Å². The fraction of sp³-hybridized carbons (Fsp3) is 0.722. The summed E-state index contributed by atoms with van der Waals surface area (Å²) in [7, 11) is 0. The monoisotopic (exact) mass is 358 g/mol. The summed E-state index contributed by atoms with van der Waals surface area (Å²) in [5, 5.41) is 13.6. The largest absolute Gasteiger partial charge is 0.312 e. The Morgan fingerprint density at radius 3 is 2.76 bits per heavy atom. The second-order valence-electron chi connectivity index (χ2n) is 7.65. The number of aromatic nitrogens is 4. The van der Waals surface area contributed by atoms with Gasteiger partial charge in [-0.1, -0.05) is 6.42 Å². The Bertz CT molecular complexity index is 726. The second-order valence-corrected chi connectivity index (χ2v) is 8.79. The minimum atomic E-state index is 0.572. The number of thiazole rings is 1. The van der Waals surface area contributed by atoms with Crippen LogP contribution in [0.15, 0.2) is 6.20 Å². The van der Waals surface area contributed by atoms with Crippen LogP contribution in [-0.2, 0) is 19.6 Å². The Labute approximate surface area is 152 Å². The molecular formula is C18H26N6S. The van der Waals surface area contributed by atoms with E-state index in [4.69, 9.17) is 0 Å². The van der Waals surface area contributed by atoms with E-state index in [1.807, 2.05) is 11.3 Å². The molecule has 0 bridgehead atoms. The third-order valence-corrected chi connectivity index (χ3v) is 7.15. The maximum atomic E-state index is 4.67. The molecule has 0 spiro atoms. The van der Waals surface area contributed by atoms with Crippen LogP contribution in [0.1, 0.15) is 65.5 Å². The lowest BCUT2D eigenvalue weighted by Crippen LogP contribution is -2.34. The van der Waals surface area contributed by atoms with Crippen molar-refractivity contribution >= 4 is 11.3 Å². The highest BCUT2D eigenvalue weighted by Crippen LogP contribution is 2.38. The molecule has 1 saturated heterocycles. The lowest BCUT2D eigenvalue weighted by molar-refractivity contribution is 0.201. The predicted octanol–water partition coefficient (Wildman–Crippen LogP) is 2.48. The van der Waals surface area contributed by atoms with E-state index in [1.165, 1.54) is 47.8 Å². The van der Waals surface area contributed by atoms with E-state index < -0.39 is 0 Å². The molecule has 1 N–H and O–H groups in total. The molecule has 2 aromatic heterocycles. The van der Waals surface area contributed by atoms with E-state index in [0.717, 1.165) is 51.0 Å². The molecule has 0 aromatic carbocycles. The van der Waals surface area contributed by atoms with Gasteiger partial charge in [-0.3, -0.25) is 4.90 Å².